The van der Waals surface area contributed by atoms with Crippen LogP contribution in [0.2, 0.25) is 0 Å². The maximum Gasteiger partial charge on any atom is 0.340 e. The molecule has 0 aliphatic carbocycles. The standard InChI is InChI=1S/C27H28O12S3/c1-17-4-10-20(11-5-17)40(30,31)36-16-23-25(38-41(32,33)21-12-6-18(2)7-13-21)24(28)26(27(29)37-23)39-42(34,35)22-14-8-19(3)9-15-22/h4-15,23-26,28H,16H2,1-3H3. The Labute approximate surface area is 244 Å². The van der Waals surface area contributed by atoms with Gasteiger partial charge in [-0.15, -0.1) is 0 Å². The van der Waals surface area contributed by atoms with Gasteiger partial charge in [-0.05, 0) is 57.2 Å². The summed E-state index contributed by atoms with van der Waals surface area (Å²) in [5.74, 6) is -1.41. The van der Waals surface area contributed by atoms with Crippen LogP contribution in [0.1, 0.15) is 16.7 Å². The zero-order chi connectivity index (χ0) is 30.9. The van der Waals surface area contributed by atoms with Crippen LogP contribution in [0.15, 0.2) is 87.5 Å². The summed E-state index contributed by atoms with van der Waals surface area (Å²) in [7, 11) is -13.7. The van der Waals surface area contributed by atoms with Crippen molar-refractivity contribution in [1.82, 2.24) is 0 Å². The van der Waals surface area contributed by atoms with Crippen LogP contribution in [0.5, 0.6) is 0 Å². The predicted octanol–water partition coefficient (Wildman–Crippen LogP) is 2.15. The van der Waals surface area contributed by atoms with Crippen LogP contribution in [0.4, 0.5) is 0 Å². The van der Waals surface area contributed by atoms with Gasteiger partial charge in [0.15, 0.2) is 6.10 Å². The maximum atomic E-state index is 13.1. The van der Waals surface area contributed by atoms with E-state index in [0.29, 0.717) is 0 Å². The molecule has 0 aromatic heterocycles. The molecule has 42 heavy (non-hydrogen) atoms. The number of aryl methyl sites for hydroxylation is 3. The summed E-state index contributed by atoms with van der Waals surface area (Å²) >= 11 is 0. The third-order valence-electron chi connectivity index (χ3n) is 6.30. The first-order chi connectivity index (χ1) is 19.6. The van der Waals surface area contributed by atoms with Crippen LogP contribution in [-0.4, -0.2) is 67.4 Å². The van der Waals surface area contributed by atoms with Gasteiger partial charge in [-0.25, -0.2) is 8.98 Å². The third-order valence-corrected chi connectivity index (χ3v) is 10.2. The highest BCUT2D eigenvalue weighted by Gasteiger charge is 2.51. The zero-order valence-electron chi connectivity index (χ0n) is 22.6. The van der Waals surface area contributed by atoms with Gasteiger partial charge >= 0.3 is 5.97 Å². The molecule has 1 heterocycles. The van der Waals surface area contributed by atoms with E-state index in [9.17, 15) is 35.2 Å². The second kappa shape index (κ2) is 12.2. The largest absolute Gasteiger partial charge is 0.455 e. The van der Waals surface area contributed by atoms with Crippen molar-refractivity contribution in [3.05, 3.63) is 89.5 Å². The number of carbonyl (C=O) groups is 1. The number of cyclic esters (lactones) is 1. The molecule has 3 aromatic rings. The molecule has 4 atom stereocenters. The van der Waals surface area contributed by atoms with Crippen LogP contribution < -0.4 is 0 Å². The lowest BCUT2D eigenvalue weighted by atomic mass is 10.0. The number of hydrogen-bond acceptors (Lipinski definition) is 12. The average Bonchev–Trinajstić information content (AvgIpc) is 2.92. The molecule has 12 nitrogen and oxygen atoms in total. The normalized spacial score (nSPS) is 21.6. The molecule has 0 spiro atoms. The molecule has 0 saturated carbocycles. The first-order valence-corrected chi connectivity index (χ1v) is 16.7. The Morgan fingerprint density at radius 1 is 0.643 bits per heavy atom. The van der Waals surface area contributed by atoms with E-state index in [2.05, 4.69) is 0 Å². The van der Waals surface area contributed by atoms with Crippen molar-refractivity contribution >= 4 is 36.3 Å². The Morgan fingerprint density at radius 3 is 1.45 bits per heavy atom. The molecule has 15 heteroatoms. The molecule has 4 rings (SSSR count). The second-order valence-corrected chi connectivity index (χ2v) is 14.4. The lowest BCUT2D eigenvalue weighted by Crippen LogP contribution is -2.59. The van der Waals surface area contributed by atoms with Crippen molar-refractivity contribution in [3.8, 4) is 0 Å². The fourth-order valence-corrected chi connectivity index (χ4v) is 6.97. The van der Waals surface area contributed by atoms with Gasteiger partial charge in [-0.1, -0.05) is 53.1 Å². The number of aliphatic hydroxyl groups is 1. The van der Waals surface area contributed by atoms with Gasteiger partial charge in [0.25, 0.3) is 30.4 Å². The number of carbonyl (C=O) groups excluding carboxylic acids is 1. The molecule has 0 amide bonds. The van der Waals surface area contributed by atoms with Crippen molar-refractivity contribution in [2.24, 2.45) is 0 Å². The fraction of sp³-hybridized carbons (Fsp3) is 0.296. The summed E-state index contributed by atoms with van der Waals surface area (Å²) in [6.45, 7) is 4.22. The first-order valence-electron chi connectivity index (χ1n) is 12.4. The minimum Gasteiger partial charge on any atom is -0.455 e. The predicted molar refractivity (Wildman–Crippen MR) is 147 cm³/mol. The summed E-state index contributed by atoms with van der Waals surface area (Å²) in [5, 5.41) is 11.1. The van der Waals surface area contributed by atoms with Crippen LogP contribution in [0.3, 0.4) is 0 Å². The van der Waals surface area contributed by atoms with E-state index in [4.69, 9.17) is 17.3 Å². The Kier molecular flexibility index (Phi) is 9.22. The van der Waals surface area contributed by atoms with Crippen LogP contribution in [-0.2, 0) is 52.4 Å². The molecule has 1 N–H and O–H groups in total. The van der Waals surface area contributed by atoms with Crippen LogP contribution >= 0.6 is 0 Å². The first kappa shape index (κ1) is 31.7. The van der Waals surface area contributed by atoms with E-state index in [1.165, 1.54) is 72.8 Å². The van der Waals surface area contributed by atoms with Crippen LogP contribution in [0.25, 0.3) is 0 Å². The zero-order valence-corrected chi connectivity index (χ0v) is 25.1. The minimum atomic E-state index is -4.66. The Morgan fingerprint density at radius 2 is 1.02 bits per heavy atom. The van der Waals surface area contributed by atoms with Gasteiger partial charge in [0.1, 0.15) is 18.8 Å². The van der Waals surface area contributed by atoms with Crippen LogP contribution in [0, 0.1) is 20.8 Å². The van der Waals surface area contributed by atoms with E-state index in [1.807, 2.05) is 0 Å². The second-order valence-electron chi connectivity index (χ2n) is 9.63. The van der Waals surface area contributed by atoms with E-state index in [1.54, 1.807) is 20.8 Å². The van der Waals surface area contributed by atoms with Gasteiger partial charge < -0.3 is 9.84 Å². The van der Waals surface area contributed by atoms with E-state index >= 15 is 0 Å². The summed E-state index contributed by atoms with van der Waals surface area (Å²) in [4.78, 5) is 12.0. The number of aliphatic hydroxyl groups excluding tert-OH is 1. The molecule has 1 aliphatic rings. The summed E-state index contributed by atoms with van der Waals surface area (Å²) in [6.07, 6.45) is -8.34. The van der Waals surface area contributed by atoms with Gasteiger partial charge in [0.2, 0.25) is 6.10 Å². The lowest BCUT2D eigenvalue weighted by molar-refractivity contribution is -0.197. The van der Waals surface area contributed by atoms with Crippen molar-refractivity contribution < 1.29 is 52.4 Å². The van der Waals surface area contributed by atoms with E-state index in [0.717, 1.165) is 16.7 Å². The number of benzene rings is 3. The van der Waals surface area contributed by atoms with Gasteiger partial charge in [0, 0.05) is 0 Å². The quantitative estimate of drug-likeness (QED) is 0.253. The summed E-state index contributed by atoms with van der Waals surface area (Å²) in [6, 6.07) is 16.4. The summed E-state index contributed by atoms with van der Waals surface area (Å²) in [5.41, 5.74) is 2.26. The van der Waals surface area contributed by atoms with Gasteiger partial charge in [-0.2, -0.15) is 25.3 Å². The topological polar surface area (TPSA) is 177 Å². The smallest absolute Gasteiger partial charge is 0.340 e. The molecular formula is C27H28O12S3. The molecule has 4 unspecified atom stereocenters. The van der Waals surface area contributed by atoms with E-state index in [-0.39, 0.29) is 14.7 Å². The molecule has 1 aliphatic heterocycles. The van der Waals surface area contributed by atoms with E-state index < -0.39 is 67.3 Å². The Bertz CT molecular complexity index is 1750. The average molecular weight is 641 g/mol. The molecule has 226 valence electrons. The van der Waals surface area contributed by atoms with Gasteiger partial charge in [-0.3, -0.25) is 8.37 Å². The highest BCUT2D eigenvalue weighted by atomic mass is 32.2. The number of rotatable bonds is 10. The van der Waals surface area contributed by atoms with Gasteiger partial charge in [0.05, 0.1) is 14.7 Å². The Balaban J connectivity index is 1.64. The number of esters is 1. The number of ether oxygens (including phenoxy) is 1. The van der Waals surface area contributed by atoms with Crippen molar-refractivity contribution in [1.29, 1.82) is 0 Å². The highest BCUT2D eigenvalue weighted by molar-refractivity contribution is 7.87. The summed E-state index contributed by atoms with van der Waals surface area (Å²) < 4.78 is 97.8. The Hall–Kier alpha value is -3.18. The molecule has 3 aromatic carbocycles. The van der Waals surface area contributed by atoms with Crippen molar-refractivity contribution in [2.45, 2.75) is 59.9 Å². The molecular weight excluding hydrogens is 612 g/mol. The monoisotopic (exact) mass is 640 g/mol. The minimum absolute atomic E-state index is 0.231. The molecule has 1 fully saturated rings. The molecule has 0 bridgehead atoms. The van der Waals surface area contributed by atoms with Crippen molar-refractivity contribution in [3.63, 3.8) is 0 Å². The molecule has 1 saturated heterocycles. The lowest BCUT2D eigenvalue weighted by Gasteiger charge is -2.37. The highest BCUT2D eigenvalue weighted by Crippen LogP contribution is 2.29. The number of hydrogen-bond donors (Lipinski definition) is 1. The van der Waals surface area contributed by atoms with Crippen molar-refractivity contribution in [2.75, 3.05) is 6.61 Å². The third kappa shape index (κ3) is 7.23. The maximum absolute atomic E-state index is 13.1. The fourth-order valence-electron chi connectivity index (χ4n) is 3.89. The SMILES string of the molecule is Cc1ccc(S(=O)(=O)OCC2OC(=O)C(OS(=O)(=O)c3ccc(C)cc3)C(O)C2OS(=O)(=O)c2ccc(C)cc2)cc1. The molecule has 0 radical (unpaired) electrons.